The van der Waals surface area contributed by atoms with Gasteiger partial charge in [0.15, 0.2) is 23.3 Å². The first kappa shape index (κ1) is 60.5. The van der Waals surface area contributed by atoms with Crippen molar-refractivity contribution in [2.24, 2.45) is 0 Å². The molecule has 0 aliphatic rings. The third kappa shape index (κ3) is 11.3. The Morgan fingerprint density at radius 2 is 0.451 bits per heavy atom. The second-order valence-corrected chi connectivity index (χ2v) is 25.7. The molecule has 6 heteroatoms. The van der Waals surface area contributed by atoms with Crippen molar-refractivity contribution in [2.45, 2.75) is 0 Å². The van der Waals surface area contributed by atoms with Gasteiger partial charge in [0.05, 0.1) is 23.0 Å². The fourth-order valence-electron chi connectivity index (χ4n) is 14.7. The number of aromatic nitrogens is 5. The fraction of sp³-hybridized carbons (Fsp3) is 0. The Hall–Kier alpha value is -13.9. The summed E-state index contributed by atoms with van der Waals surface area (Å²) in [6.45, 7) is 0. The number of benzene rings is 16. The van der Waals surface area contributed by atoms with Gasteiger partial charge >= 0.3 is 0 Å². The smallest absolute Gasteiger partial charge is 0.164 e. The highest BCUT2D eigenvalue weighted by Crippen LogP contribution is 2.47. The third-order valence-corrected chi connectivity index (χ3v) is 19.6. The topological polar surface area (TPSA) is 88.2 Å². The van der Waals surface area contributed by atoms with Crippen LogP contribution >= 0.6 is 0 Å². The van der Waals surface area contributed by atoms with Crippen LogP contribution in [0.1, 0.15) is 5.56 Å². The molecule has 0 spiro atoms. The van der Waals surface area contributed by atoms with Crippen molar-refractivity contribution in [3.8, 4) is 152 Å². The number of nitrogens with zero attached hydrogens (tertiary/aromatic N) is 6. The lowest BCUT2D eigenvalue weighted by atomic mass is 9.84. The molecule has 0 saturated carbocycles. The van der Waals surface area contributed by atoms with Gasteiger partial charge in [-0.15, -0.1) is 0 Å². The molecule has 0 aliphatic carbocycles. The minimum absolute atomic E-state index is 0.499. The van der Waals surface area contributed by atoms with Gasteiger partial charge in [0, 0.05) is 33.4 Å². The van der Waals surface area contributed by atoms with Gasteiger partial charge in [-0.2, -0.15) is 5.26 Å². The van der Waals surface area contributed by atoms with Crippen LogP contribution in [0.2, 0.25) is 0 Å². The van der Waals surface area contributed by atoms with Crippen molar-refractivity contribution in [1.29, 1.82) is 5.26 Å². The van der Waals surface area contributed by atoms with Crippen LogP contribution in [0.3, 0.4) is 0 Å². The van der Waals surface area contributed by atoms with Crippen molar-refractivity contribution >= 4 is 43.1 Å². The Morgan fingerprint density at radius 1 is 0.176 bits per heavy atom. The Morgan fingerprint density at radius 3 is 0.892 bits per heavy atom. The summed E-state index contributed by atoms with van der Waals surface area (Å²) in [7, 11) is 0. The molecular formula is C96H60N6. The van der Waals surface area contributed by atoms with Crippen LogP contribution in [-0.4, -0.2) is 24.9 Å². The molecule has 0 unspecified atom stereocenters. The normalized spacial score (nSPS) is 11.3. The second-order valence-electron chi connectivity index (χ2n) is 25.7. The predicted molar refractivity (Wildman–Crippen MR) is 421 cm³/mol. The van der Waals surface area contributed by atoms with Crippen molar-refractivity contribution in [1.82, 2.24) is 24.9 Å². The van der Waals surface area contributed by atoms with Crippen LogP contribution in [0, 0.1) is 11.3 Å². The number of rotatable bonds is 13. The fourth-order valence-corrected chi connectivity index (χ4v) is 14.7. The lowest BCUT2D eigenvalue weighted by Gasteiger charge is -2.19. The second kappa shape index (κ2) is 26.2. The summed E-state index contributed by atoms with van der Waals surface area (Å²) in [6, 6.07) is 130. The van der Waals surface area contributed by atoms with Gasteiger partial charge in [0.1, 0.15) is 0 Å². The van der Waals surface area contributed by atoms with E-state index in [-0.39, 0.29) is 0 Å². The van der Waals surface area contributed by atoms with Crippen molar-refractivity contribution in [3.63, 3.8) is 0 Å². The zero-order chi connectivity index (χ0) is 67.9. The summed E-state index contributed by atoms with van der Waals surface area (Å²) in [5, 5.41) is 20.9. The van der Waals surface area contributed by atoms with Gasteiger partial charge in [-0.1, -0.05) is 334 Å². The maximum absolute atomic E-state index is 11.1. The zero-order valence-corrected chi connectivity index (χ0v) is 55.3. The summed E-state index contributed by atoms with van der Waals surface area (Å²) < 4.78 is 0. The molecule has 0 atom stereocenters. The largest absolute Gasteiger partial charge is 0.228 e. The highest BCUT2D eigenvalue weighted by Gasteiger charge is 2.22. The molecule has 0 saturated heterocycles. The first-order chi connectivity index (χ1) is 50.5. The van der Waals surface area contributed by atoms with E-state index in [1.165, 1.54) is 76.5 Å². The Kier molecular flexibility index (Phi) is 15.5. The monoisotopic (exact) mass is 1300 g/mol. The van der Waals surface area contributed by atoms with E-state index in [4.69, 9.17) is 24.9 Å². The van der Waals surface area contributed by atoms with Crippen LogP contribution in [0.15, 0.2) is 364 Å². The molecule has 0 fully saturated rings. The Labute approximate surface area is 591 Å². The highest BCUT2D eigenvalue weighted by atomic mass is 15.0. The standard InChI is InChI=1S/C96H60N6/c97-61-77-59-74(88-60-87(63-24-5-1-6-25-63)98-93(99-88)69-52-50-67(51-53-69)92-86-45-20-16-41-82(86)80-39-14-18-43-84(80)90(92)65-28-9-3-10-29-65)54-55-78(77)73-35-23-37-76(58-73)96-101-94(68-30-11-4-12-31-68)100-95(102-96)75-36-22-34-72(57-75)71-33-21-32-70(56-71)62-46-48-66(49-47-62)91-85-44-19-15-40-81(85)79-38-13-17-42-83(79)89(91)64-26-7-2-8-27-64/h1-60H. The van der Waals surface area contributed by atoms with Crippen LogP contribution < -0.4 is 0 Å². The first-order valence-electron chi connectivity index (χ1n) is 34.3. The average molecular weight is 1300 g/mol. The molecule has 0 radical (unpaired) electrons. The number of nitriles is 1. The molecular weight excluding hydrogens is 1240 g/mol. The summed E-state index contributed by atoms with van der Waals surface area (Å²) in [5.41, 5.74) is 22.5. The minimum atomic E-state index is 0.499. The molecule has 18 rings (SSSR count). The average Bonchev–Trinajstić information content (AvgIpc) is 0.741. The van der Waals surface area contributed by atoms with Crippen molar-refractivity contribution in [3.05, 3.63) is 370 Å². The van der Waals surface area contributed by atoms with E-state index in [0.717, 1.165) is 83.6 Å². The SMILES string of the molecule is N#Cc1cc(-c2cc(-c3ccccc3)nc(-c3ccc(-c4c(-c5ccccc5)c5ccccc5c5ccccc45)cc3)n2)ccc1-c1cccc(-c2nc(-c3ccccc3)nc(-c3cccc(-c4cccc(-c5ccc(-c6c(-c7ccccc7)c7ccccc7c7ccccc67)cc5)c4)c3)n2)c1. The quantitative estimate of drug-likeness (QED) is 0.107. The van der Waals surface area contributed by atoms with Gasteiger partial charge in [-0.25, -0.2) is 24.9 Å². The van der Waals surface area contributed by atoms with E-state index in [1.54, 1.807) is 0 Å². The van der Waals surface area contributed by atoms with Crippen LogP contribution in [0.25, 0.3) is 189 Å². The lowest BCUT2D eigenvalue weighted by Crippen LogP contribution is -2.00. The van der Waals surface area contributed by atoms with Crippen LogP contribution in [0.4, 0.5) is 0 Å². The van der Waals surface area contributed by atoms with E-state index in [0.29, 0.717) is 34.6 Å². The lowest BCUT2D eigenvalue weighted by molar-refractivity contribution is 1.07. The molecule has 0 bridgehead atoms. The number of hydrogen-bond acceptors (Lipinski definition) is 6. The molecule has 2 aromatic heterocycles. The highest BCUT2D eigenvalue weighted by molar-refractivity contribution is 6.23. The number of hydrogen-bond donors (Lipinski definition) is 0. The van der Waals surface area contributed by atoms with Gasteiger partial charge in [-0.3, -0.25) is 0 Å². The molecule has 0 amide bonds. The summed E-state index contributed by atoms with van der Waals surface area (Å²) >= 11 is 0. The third-order valence-electron chi connectivity index (χ3n) is 19.6. The maximum Gasteiger partial charge on any atom is 0.164 e. The Balaban J connectivity index is 0.665. The van der Waals surface area contributed by atoms with Crippen molar-refractivity contribution < 1.29 is 0 Å². The Bertz CT molecular complexity index is 6290. The van der Waals surface area contributed by atoms with E-state index < -0.39 is 0 Å². The summed E-state index contributed by atoms with van der Waals surface area (Å²) in [6.07, 6.45) is 0. The molecule has 6 nitrogen and oxygen atoms in total. The maximum atomic E-state index is 11.1. The van der Waals surface area contributed by atoms with Crippen LogP contribution in [0.5, 0.6) is 0 Å². The summed E-state index contributed by atoms with van der Waals surface area (Å²) in [4.78, 5) is 26.1. The predicted octanol–water partition coefficient (Wildman–Crippen LogP) is 24.8. The van der Waals surface area contributed by atoms with Gasteiger partial charge < -0.3 is 0 Å². The van der Waals surface area contributed by atoms with E-state index in [9.17, 15) is 5.26 Å². The molecule has 16 aromatic carbocycles. The van der Waals surface area contributed by atoms with Gasteiger partial charge in [-0.05, 0) is 151 Å². The molecule has 2 heterocycles. The molecule has 0 aliphatic heterocycles. The molecule has 474 valence electrons. The first-order valence-corrected chi connectivity index (χ1v) is 34.3. The van der Waals surface area contributed by atoms with E-state index >= 15 is 0 Å². The van der Waals surface area contributed by atoms with Gasteiger partial charge in [0.25, 0.3) is 0 Å². The molecule has 102 heavy (non-hydrogen) atoms. The van der Waals surface area contributed by atoms with E-state index in [2.05, 4.69) is 279 Å². The minimum Gasteiger partial charge on any atom is -0.228 e. The molecule has 0 N–H and O–H groups in total. The zero-order valence-electron chi connectivity index (χ0n) is 55.3. The van der Waals surface area contributed by atoms with Gasteiger partial charge in [0.2, 0.25) is 0 Å². The number of fused-ring (bicyclic) bond motifs is 6. The van der Waals surface area contributed by atoms with E-state index in [1.807, 2.05) is 91.0 Å². The summed E-state index contributed by atoms with van der Waals surface area (Å²) in [5.74, 6) is 2.19. The molecule has 18 aromatic rings. The van der Waals surface area contributed by atoms with Crippen LogP contribution in [-0.2, 0) is 0 Å². The van der Waals surface area contributed by atoms with Crippen molar-refractivity contribution in [2.75, 3.05) is 0 Å².